The van der Waals surface area contributed by atoms with Gasteiger partial charge >= 0.3 is 0 Å². The molecule has 6 bridgehead atoms. The average molecular weight is 622 g/mol. The van der Waals surface area contributed by atoms with Gasteiger partial charge in [0, 0.05) is 23.2 Å². The van der Waals surface area contributed by atoms with Gasteiger partial charge in [-0.15, -0.1) is 0 Å². The van der Waals surface area contributed by atoms with Gasteiger partial charge in [-0.05, 0) is 118 Å². The molecule has 1 heterocycles. The van der Waals surface area contributed by atoms with Crippen molar-refractivity contribution in [1.82, 2.24) is 0 Å². The van der Waals surface area contributed by atoms with Crippen molar-refractivity contribution in [3.05, 3.63) is 144 Å². The second-order valence-electron chi connectivity index (χ2n) is 14.1. The van der Waals surface area contributed by atoms with E-state index in [9.17, 15) is 0 Å². The van der Waals surface area contributed by atoms with Crippen LogP contribution in [0.25, 0.3) is 55.6 Å². The Hall–Kier alpha value is -5.08. The lowest BCUT2D eigenvalue weighted by atomic mass is 9.77. The van der Waals surface area contributed by atoms with Crippen LogP contribution in [-0.2, 0) is 6.42 Å². The minimum Gasteiger partial charge on any atom is -0.489 e. The maximum Gasteiger partial charge on any atom is 0.123 e. The zero-order valence-corrected chi connectivity index (χ0v) is 27.6. The van der Waals surface area contributed by atoms with Gasteiger partial charge in [0.05, 0.1) is 6.04 Å². The summed E-state index contributed by atoms with van der Waals surface area (Å²) in [5, 5.41) is 0. The van der Waals surface area contributed by atoms with Crippen LogP contribution in [0.1, 0.15) is 61.8 Å². The summed E-state index contributed by atoms with van der Waals surface area (Å²) in [6.07, 6.45) is 4.67. The summed E-state index contributed by atoms with van der Waals surface area (Å²) in [5.41, 5.74) is 18.9. The zero-order valence-electron chi connectivity index (χ0n) is 27.6. The standard InChI is InChI=1S/C46H39NO/c1-3-29-13-4-5-14-31(29)28(2)47(41-22-12-24-43-46(41)39-17-8-9-23-42(39)48-43)30-25-26-33-36-19-11-20-37-38-21-10-18-35(45(38)40(33)27-30)32-15-6-7-16-34(32)44(36)37/h4-11,13-21,23,25-28,41,43,46H,3,12,22,24H2,1-2H3. The Bertz CT molecular complexity index is 2220. The van der Waals surface area contributed by atoms with Crippen molar-refractivity contribution in [2.45, 2.75) is 63.6 Å². The van der Waals surface area contributed by atoms with Crippen LogP contribution in [0.3, 0.4) is 0 Å². The molecule has 10 rings (SSSR count). The van der Waals surface area contributed by atoms with Crippen LogP contribution >= 0.6 is 0 Å². The Kier molecular flexibility index (Phi) is 6.25. The highest BCUT2D eigenvalue weighted by Crippen LogP contribution is 2.58. The molecule has 0 aromatic heterocycles. The van der Waals surface area contributed by atoms with Crippen molar-refractivity contribution in [3.8, 4) is 61.4 Å². The number of anilines is 1. The van der Waals surface area contributed by atoms with Crippen molar-refractivity contribution in [2.75, 3.05) is 4.90 Å². The molecule has 234 valence electrons. The zero-order chi connectivity index (χ0) is 31.9. The maximum absolute atomic E-state index is 6.68. The monoisotopic (exact) mass is 621 g/mol. The molecule has 0 spiro atoms. The van der Waals surface area contributed by atoms with Crippen molar-refractivity contribution < 1.29 is 4.74 Å². The predicted molar refractivity (Wildman–Crippen MR) is 199 cm³/mol. The summed E-state index contributed by atoms with van der Waals surface area (Å²) in [6, 6.07) is 48.6. The van der Waals surface area contributed by atoms with E-state index in [0.29, 0.717) is 12.0 Å². The number of para-hydroxylation sites is 1. The molecule has 3 aliphatic carbocycles. The second kappa shape index (κ2) is 10.7. The highest BCUT2D eigenvalue weighted by atomic mass is 16.5. The van der Waals surface area contributed by atoms with Crippen LogP contribution in [0.2, 0.25) is 0 Å². The minimum atomic E-state index is 0.196. The summed E-state index contributed by atoms with van der Waals surface area (Å²) >= 11 is 0. The van der Waals surface area contributed by atoms with Gasteiger partial charge in [0.1, 0.15) is 11.9 Å². The van der Waals surface area contributed by atoms with E-state index in [-0.39, 0.29) is 12.1 Å². The van der Waals surface area contributed by atoms with Crippen molar-refractivity contribution in [1.29, 1.82) is 0 Å². The van der Waals surface area contributed by atoms with Crippen LogP contribution in [0.15, 0.2) is 127 Å². The third-order valence-corrected chi connectivity index (χ3v) is 11.8. The molecule has 2 heteroatoms. The molecular weight excluding hydrogens is 583 g/mol. The lowest BCUT2D eigenvalue weighted by Gasteiger charge is -2.45. The normalized spacial score (nSPS) is 19.6. The smallest absolute Gasteiger partial charge is 0.123 e. The second-order valence-corrected chi connectivity index (χ2v) is 14.1. The highest BCUT2D eigenvalue weighted by Gasteiger charge is 2.46. The summed E-state index contributed by atoms with van der Waals surface area (Å²) in [5.74, 6) is 1.41. The molecule has 0 radical (unpaired) electrons. The van der Waals surface area contributed by atoms with E-state index in [1.807, 2.05) is 0 Å². The molecule has 4 aliphatic rings. The molecule has 6 aromatic carbocycles. The van der Waals surface area contributed by atoms with E-state index in [2.05, 4.69) is 146 Å². The Morgan fingerprint density at radius 2 is 1.25 bits per heavy atom. The number of aryl methyl sites for hydroxylation is 1. The van der Waals surface area contributed by atoms with E-state index in [1.165, 1.54) is 84.4 Å². The van der Waals surface area contributed by atoms with Crippen LogP contribution in [0.4, 0.5) is 5.69 Å². The van der Waals surface area contributed by atoms with E-state index in [4.69, 9.17) is 4.74 Å². The van der Waals surface area contributed by atoms with Gasteiger partial charge in [0.25, 0.3) is 0 Å². The molecule has 4 unspecified atom stereocenters. The van der Waals surface area contributed by atoms with Crippen LogP contribution in [0.5, 0.6) is 5.75 Å². The third kappa shape index (κ3) is 3.92. The number of benzene rings is 6. The number of hydrogen-bond donors (Lipinski definition) is 0. The summed E-state index contributed by atoms with van der Waals surface area (Å²) in [4.78, 5) is 2.79. The molecule has 0 N–H and O–H groups in total. The highest BCUT2D eigenvalue weighted by molar-refractivity contribution is 6.14. The number of fused-ring (bicyclic) bond motifs is 7. The molecule has 1 aliphatic heterocycles. The van der Waals surface area contributed by atoms with Crippen molar-refractivity contribution in [3.63, 3.8) is 0 Å². The number of ether oxygens (including phenoxy) is 1. The molecule has 6 aromatic rings. The lowest BCUT2D eigenvalue weighted by Crippen LogP contribution is -2.47. The van der Waals surface area contributed by atoms with Crippen molar-refractivity contribution >= 4 is 5.69 Å². The third-order valence-electron chi connectivity index (χ3n) is 11.8. The topological polar surface area (TPSA) is 12.5 Å². The SMILES string of the molecule is CCc1ccccc1C(C)N(c1ccc2c(c1)-c1c3cccc1-c1cccc-2c1-c1ccccc1-3)C1CCCC2Oc3ccccc3C21. The fourth-order valence-corrected chi connectivity index (χ4v) is 9.78. The molecule has 4 atom stereocenters. The summed E-state index contributed by atoms with van der Waals surface area (Å²) in [7, 11) is 0. The number of nitrogens with zero attached hydrogens (tertiary/aromatic N) is 1. The first kappa shape index (κ1) is 28.0. The molecule has 0 saturated heterocycles. The van der Waals surface area contributed by atoms with Crippen LogP contribution in [-0.4, -0.2) is 12.1 Å². The van der Waals surface area contributed by atoms with Gasteiger partial charge in [-0.3, -0.25) is 0 Å². The Morgan fingerprint density at radius 3 is 2.04 bits per heavy atom. The van der Waals surface area contributed by atoms with Gasteiger partial charge in [-0.2, -0.15) is 0 Å². The van der Waals surface area contributed by atoms with E-state index < -0.39 is 0 Å². The summed E-state index contributed by atoms with van der Waals surface area (Å²) in [6.45, 7) is 4.72. The van der Waals surface area contributed by atoms with Crippen molar-refractivity contribution in [2.24, 2.45) is 0 Å². The van der Waals surface area contributed by atoms with Gasteiger partial charge in [0.2, 0.25) is 0 Å². The predicted octanol–water partition coefficient (Wildman–Crippen LogP) is 11.9. The molecule has 2 nitrogen and oxygen atoms in total. The fraction of sp³-hybridized carbons (Fsp3) is 0.217. The Balaban J connectivity index is 1.22. The van der Waals surface area contributed by atoms with Gasteiger partial charge in [-0.25, -0.2) is 0 Å². The van der Waals surface area contributed by atoms with Crippen LogP contribution in [0, 0.1) is 0 Å². The average Bonchev–Trinajstić information content (AvgIpc) is 3.48. The first-order valence-electron chi connectivity index (χ1n) is 17.8. The van der Waals surface area contributed by atoms with E-state index in [1.54, 1.807) is 0 Å². The summed E-state index contributed by atoms with van der Waals surface area (Å²) < 4.78 is 6.68. The lowest BCUT2D eigenvalue weighted by molar-refractivity contribution is 0.146. The van der Waals surface area contributed by atoms with Gasteiger partial charge in [-0.1, -0.05) is 116 Å². The van der Waals surface area contributed by atoms with Crippen LogP contribution < -0.4 is 9.64 Å². The van der Waals surface area contributed by atoms with Gasteiger partial charge in [0.15, 0.2) is 0 Å². The quantitative estimate of drug-likeness (QED) is 0.190. The number of rotatable bonds is 5. The number of hydrogen-bond acceptors (Lipinski definition) is 2. The molecule has 1 fully saturated rings. The molecule has 1 saturated carbocycles. The van der Waals surface area contributed by atoms with E-state index >= 15 is 0 Å². The first-order chi connectivity index (χ1) is 23.7. The fourth-order valence-electron chi connectivity index (χ4n) is 9.78. The van der Waals surface area contributed by atoms with E-state index in [0.717, 1.165) is 25.0 Å². The largest absolute Gasteiger partial charge is 0.489 e. The van der Waals surface area contributed by atoms with Gasteiger partial charge < -0.3 is 9.64 Å². The first-order valence-corrected chi connectivity index (χ1v) is 17.8. The Morgan fingerprint density at radius 1 is 0.625 bits per heavy atom. The molecular formula is C46H39NO. The molecule has 48 heavy (non-hydrogen) atoms. The Labute approximate surface area is 283 Å². The molecule has 0 amide bonds. The minimum absolute atomic E-state index is 0.196. The maximum atomic E-state index is 6.68.